The SMILES string of the molecule is CCOc1ccc(C(=O)N/N=C\c2ccc([N+](=O)[O-])cc2Br)cc1. The highest BCUT2D eigenvalue weighted by atomic mass is 79.9. The molecule has 0 radical (unpaired) electrons. The molecule has 0 heterocycles. The molecular weight excluding hydrogens is 378 g/mol. The second kappa shape index (κ2) is 8.21. The van der Waals surface area contributed by atoms with Gasteiger partial charge in [-0.05, 0) is 53.2 Å². The van der Waals surface area contributed by atoms with Gasteiger partial charge in [0, 0.05) is 27.7 Å². The number of ether oxygens (including phenoxy) is 1. The van der Waals surface area contributed by atoms with Crippen molar-refractivity contribution in [2.24, 2.45) is 5.10 Å². The number of benzene rings is 2. The first-order valence-corrected chi connectivity index (χ1v) is 7.80. The van der Waals surface area contributed by atoms with Crippen LogP contribution < -0.4 is 10.2 Å². The Bertz CT molecular complexity index is 775. The van der Waals surface area contributed by atoms with E-state index < -0.39 is 4.92 Å². The van der Waals surface area contributed by atoms with Gasteiger partial charge in [0.15, 0.2) is 0 Å². The van der Waals surface area contributed by atoms with Gasteiger partial charge in [-0.15, -0.1) is 0 Å². The van der Waals surface area contributed by atoms with Crippen LogP contribution in [0.25, 0.3) is 0 Å². The third-order valence-electron chi connectivity index (χ3n) is 2.99. The summed E-state index contributed by atoms with van der Waals surface area (Å²) in [5.41, 5.74) is 3.42. The van der Waals surface area contributed by atoms with Crippen molar-refractivity contribution in [2.75, 3.05) is 6.61 Å². The molecule has 24 heavy (non-hydrogen) atoms. The fourth-order valence-electron chi connectivity index (χ4n) is 1.83. The number of nitro benzene ring substituents is 1. The zero-order valence-electron chi connectivity index (χ0n) is 12.7. The summed E-state index contributed by atoms with van der Waals surface area (Å²) in [6.07, 6.45) is 1.40. The third-order valence-corrected chi connectivity index (χ3v) is 3.68. The molecule has 8 heteroatoms. The summed E-state index contributed by atoms with van der Waals surface area (Å²) in [6, 6.07) is 10.9. The predicted octanol–water partition coefficient (Wildman–Crippen LogP) is 3.52. The van der Waals surface area contributed by atoms with Crippen LogP contribution in [-0.4, -0.2) is 23.7 Å². The topological polar surface area (TPSA) is 93.8 Å². The van der Waals surface area contributed by atoms with Crippen molar-refractivity contribution in [1.29, 1.82) is 0 Å². The Morgan fingerprint density at radius 3 is 2.62 bits per heavy atom. The second-order valence-electron chi connectivity index (χ2n) is 4.62. The van der Waals surface area contributed by atoms with E-state index in [9.17, 15) is 14.9 Å². The normalized spacial score (nSPS) is 10.6. The maximum atomic E-state index is 12.0. The predicted molar refractivity (Wildman–Crippen MR) is 93.5 cm³/mol. The number of nitrogens with one attached hydrogen (secondary N) is 1. The monoisotopic (exact) mass is 391 g/mol. The molecule has 0 fully saturated rings. The molecule has 0 spiro atoms. The first-order valence-electron chi connectivity index (χ1n) is 7.01. The van der Waals surface area contributed by atoms with Gasteiger partial charge in [0.05, 0.1) is 17.7 Å². The maximum absolute atomic E-state index is 12.0. The minimum Gasteiger partial charge on any atom is -0.494 e. The van der Waals surface area contributed by atoms with Crippen molar-refractivity contribution >= 4 is 33.7 Å². The zero-order valence-corrected chi connectivity index (χ0v) is 14.3. The first-order chi connectivity index (χ1) is 11.5. The van der Waals surface area contributed by atoms with Gasteiger partial charge in [-0.25, -0.2) is 5.43 Å². The van der Waals surface area contributed by atoms with Crippen LogP contribution in [0.4, 0.5) is 5.69 Å². The van der Waals surface area contributed by atoms with E-state index in [4.69, 9.17) is 4.74 Å². The van der Waals surface area contributed by atoms with Crippen LogP contribution in [0, 0.1) is 10.1 Å². The number of hydrogen-bond acceptors (Lipinski definition) is 5. The van der Waals surface area contributed by atoms with Crippen LogP contribution in [0.1, 0.15) is 22.8 Å². The van der Waals surface area contributed by atoms with Crippen molar-refractivity contribution in [2.45, 2.75) is 6.92 Å². The minimum atomic E-state index is -0.487. The highest BCUT2D eigenvalue weighted by Gasteiger charge is 2.08. The van der Waals surface area contributed by atoms with Gasteiger partial charge in [0.1, 0.15) is 5.75 Å². The number of non-ortho nitro benzene ring substituents is 1. The molecule has 0 saturated carbocycles. The summed E-state index contributed by atoms with van der Waals surface area (Å²) < 4.78 is 5.81. The zero-order chi connectivity index (χ0) is 17.5. The number of carbonyl (C=O) groups excluding carboxylic acids is 1. The van der Waals surface area contributed by atoms with E-state index in [1.54, 1.807) is 24.3 Å². The van der Waals surface area contributed by atoms with Crippen LogP contribution in [0.3, 0.4) is 0 Å². The molecular formula is C16H14BrN3O4. The van der Waals surface area contributed by atoms with Gasteiger partial charge >= 0.3 is 0 Å². The number of carbonyl (C=O) groups is 1. The van der Waals surface area contributed by atoms with Crippen LogP contribution in [0.2, 0.25) is 0 Å². The largest absolute Gasteiger partial charge is 0.494 e. The molecule has 0 aliphatic rings. The molecule has 2 aromatic carbocycles. The van der Waals surface area contributed by atoms with Crippen molar-refractivity contribution in [3.05, 3.63) is 68.2 Å². The summed E-state index contributed by atoms with van der Waals surface area (Å²) >= 11 is 3.23. The fourth-order valence-corrected chi connectivity index (χ4v) is 2.30. The Morgan fingerprint density at radius 1 is 1.33 bits per heavy atom. The van der Waals surface area contributed by atoms with Crippen molar-refractivity contribution in [1.82, 2.24) is 5.43 Å². The minimum absolute atomic E-state index is 0.0301. The summed E-state index contributed by atoms with van der Waals surface area (Å²) in [5, 5.41) is 14.5. The summed E-state index contributed by atoms with van der Waals surface area (Å²) in [7, 11) is 0. The van der Waals surface area contributed by atoms with Gasteiger partial charge in [-0.3, -0.25) is 14.9 Å². The highest BCUT2D eigenvalue weighted by molar-refractivity contribution is 9.10. The number of nitrogens with zero attached hydrogens (tertiary/aromatic N) is 2. The average Bonchev–Trinajstić information content (AvgIpc) is 2.57. The van der Waals surface area contributed by atoms with Crippen molar-refractivity contribution < 1.29 is 14.5 Å². The van der Waals surface area contributed by atoms with Gasteiger partial charge in [0.25, 0.3) is 11.6 Å². The summed E-state index contributed by atoms with van der Waals surface area (Å²) in [6.45, 7) is 2.44. The van der Waals surface area contributed by atoms with Crippen LogP contribution >= 0.6 is 15.9 Å². The van der Waals surface area contributed by atoms with Gasteiger partial charge in [-0.2, -0.15) is 5.10 Å². The smallest absolute Gasteiger partial charge is 0.271 e. The van der Waals surface area contributed by atoms with Gasteiger partial charge in [0.2, 0.25) is 0 Å². The molecule has 124 valence electrons. The Kier molecular flexibility index (Phi) is 6.02. The third kappa shape index (κ3) is 4.63. The maximum Gasteiger partial charge on any atom is 0.271 e. The van der Waals surface area contributed by atoms with E-state index in [1.165, 1.54) is 24.4 Å². The number of amides is 1. The van der Waals surface area contributed by atoms with Crippen LogP contribution in [-0.2, 0) is 0 Å². The highest BCUT2D eigenvalue weighted by Crippen LogP contribution is 2.21. The number of rotatable bonds is 6. The lowest BCUT2D eigenvalue weighted by Crippen LogP contribution is -2.17. The van der Waals surface area contributed by atoms with E-state index in [0.29, 0.717) is 28.0 Å². The average molecular weight is 392 g/mol. The second-order valence-corrected chi connectivity index (χ2v) is 5.47. The van der Waals surface area contributed by atoms with Gasteiger partial charge in [-0.1, -0.05) is 0 Å². The lowest BCUT2D eigenvalue weighted by Gasteiger charge is -2.04. The molecule has 2 rings (SSSR count). The summed E-state index contributed by atoms with van der Waals surface area (Å²) in [4.78, 5) is 22.2. The Balaban J connectivity index is 2.00. The molecule has 1 N–H and O–H groups in total. The molecule has 0 aromatic heterocycles. The molecule has 0 saturated heterocycles. The lowest BCUT2D eigenvalue weighted by molar-refractivity contribution is -0.384. The standard InChI is InChI=1S/C16H14BrN3O4/c1-2-24-14-7-4-11(5-8-14)16(21)19-18-10-12-3-6-13(20(22)23)9-15(12)17/h3-10H,2H2,1H3,(H,19,21)/b18-10-. The molecule has 0 aliphatic heterocycles. The molecule has 2 aromatic rings. The lowest BCUT2D eigenvalue weighted by atomic mass is 10.2. The van der Waals surface area contributed by atoms with E-state index in [-0.39, 0.29) is 11.6 Å². The fraction of sp³-hybridized carbons (Fsp3) is 0.125. The number of nitro groups is 1. The van der Waals surface area contributed by atoms with E-state index in [0.717, 1.165) is 0 Å². The van der Waals surface area contributed by atoms with Gasteiger partial charge < -0.3 is 4.74 Å². The molecule has 0 atom stereocenters. The number of halogens is 1. The number of hydrogen-bond donors (Lipinski definition) is 1. The molecule has 0 unspecified atom stereocenters. The van der Waals surface area contributed by atoms with E-state index in [2.05, 4.69) is 26.5 Å². The van der Waals surface area contributed by atoms with Crippen molar-refractivity contribution in [3.8, 4) is 5.75 Å². The Labute approximate surface area is 146 Å². The van der Waals surface area contributed by atoms with E-state index >= 15 is 0 Å². The van der Waals surface area contributed by atoms with Crippen molar-refractivity contribution in [3.63, 3.8) is 0 Å². The molecule has 1 amide bonds. The molecule has 0 bridgehead atoms. The molecule has 7 nitrogen and oxygen atoms in total. The molecule has 0 aliphatic carbocycles. The number of hydrazone groups is 1. The first kappa shape index (κ1) is 17.6. The van der Waals surface area contributed by atoms with Crippen LogP contribution in [0.5, 0.6) is 5.75 Å². The van der Waals surface area contributed by atoms with E-state index in [1.807, 2.05) is 6.92 Å². The Morgan fingerprint density at radius 2 is 2.04 bits per heavy atom. The summed E-state index contributed by atoms with van der Waals surface area (Å²) in [5.74, 6) is 0.319. The quantitative estimate of drug-likeness (QED) is 0.462. The van der Waals surface area contributed by atoms with Crippen LogP contribution in [0.15, 0.2) is 52.0 Å². The Hall–Kier alpha value is -2.74.